The van der Waals surface area contributed by atoms with Crippen molar-refractivity contribution in [1.29, 1.82) is 0 Å². The third-order valence-electron chi connectivity index (χ3n) is 1.80. The zero-order valence-corrected chi connectivity index (χ0v) is 7.60. The van der Waals surface area contributed by atoms with Crippen molar-refractivity contribution in [2.45, 2.75) is 13.0 Å². The molecule has 14 heavy (non-hydrogen) atoms. The average molecular weight is 188 g/mol. The number of isocyanates is 2. The Morgan fingerprint density at radius 2 is 1.93 bits per heavy atom. The summed E-state index contributed by atoms with van der Waals surface area (Å²) < 4.78 is 0. The molecule has 0 saturated heterocycles. The first kappa shape index (κ1) is 10.1. The van der Waals surface area contributed by atoms with E-state index < -0.39 is 0 Å². The van der Waals surface area contributed by atoms with Gasteiger partial charge in [-0.25, -0.2) is 9.59 Å². The Kier molecular flexibility index (Phi) is 3.50. The van der Waals surface area contributed by atoms with Gasteiger partial charge in [0, 0.05) is 5.56 Å². The second-order valence-electron chi connectivity index (χ2n) is 2.66. The number of hydrogen-bond donors (Lipinski definition) is 0. The topological polar surface area (TPSA) is 58.9 Å². The Balaban J connectivity index is 3.18. The van der Waals surface area contributed by atoms with Gasteiger partial charge in [-0.1, -0.05) is 18.2 Å². The van der Waals surface area contributed by atoms with Crippen LogP contribution in [0.15, 0.2) is 34.3 Å². The van der Waals surface area contributed by atoms with Crippen LogP contribution in [0.2, 0.25) is 0 Å². The van der Waals surface area contributed by atoms with E-state index >= 15 is 0 Å². The van der Waals surface area contributed by atoms with Gasteiger partial charge in [0.2, 0.25) is 12.2 Å². The van der Waals surface area contributed by atoms with Crippen LogP contribution in [-0.2, 0) is 9.59 Å². The molecule has 0 bridgehead atoms. The number of aliphatic imine (C=N–C) groups is 2. The van der Waals surface area contributed by atoms with E-state index in [0.29, 0.717) is 11.3 Å². The van der Waals surface area contributed by atoms with Crippen molar-refractivity contribution in [2.75, 3.05) is 0 Å². The van der Waals surface area contributed by atoms with Crippen molar-refractivity contribution in [3.63, 3.8) is 0 Å². The van der Waals surface area contributed by atoms with Crippen LogP contribution in [0.1, 0.15) is 18.5 Å². The van der Waals surface area contributed by atoms with E-state index in [9.17, 15) is 9.59 Å². The minimum absolute atomic E-state index is 0.346. The van der Waals surface area contributed by atoms with Gasteiger partial charge >= 0.3 is 0 Å². The molecular weight excluding hydrogens is 180 g/mol. The van der Waals surface area contributed by atoms with Crippen molar-refractivity contribution in [2.24, 2.45) is 9.98 Å². The number of rotatable bonds is 3. The molecule has 4 nitrogen and oxygen atoms in total. The fourth-order valence-electron chi connectivity index (χ4n) is 1.14. The summed E-state index contributed by atoms with van der Waals surface area (Å²) in [6, 6.07) is 6.60. The van der Waals surface area contributed by atoms with E-state index in [4.69, 9.17) is 0 Å². The van der Waals surface area contributed by atoms with Crippen LogP contribution in [0.5, 0.6) is 0 Å². The van der Waals surface area contributed by atoms with Gasteiger partial charge in [-0.05, 0) is 13.0 Å². The highest BCUT2D eigenvalue weighted by molar-refractivity contribution is 5.55. The monoisotopic (exact) mass is 188 g/mol. The standard InChI is InChI=1S/C10H8N2O2/c1-8(11-6-13)9-4-2-3-5-10(9)12-7-14/h2-5,8H,1H3. The van der Waals surface area contributed by atoms with Gasteiger partial charge in [-0.3, -0.25) is 0 Å². The largest absolute Gasteiger partial charge is 0.240 e. The first-order valence-electron chi connectivity index (χ1n) is 4.03. The van der Waals surface area contributed by atoms with Crippen LogP contribution in [0.4, 0.5) is 5.69 Å². The van der Waals surface area contributed by atoms with E-state index in [-0.39, 0.29) is 6.04 Å². The van der Waals surface area contributed by atoms with Gasteiger partial charge in [0.05, 0.1) is 11.7 Å². The number of benzene rings is 1. The molecule has 0 radical (unpaired) electrons. The zero-order valence-electron chi connectivity index (χ0n) is 7.60. The van der Waals surface area contributed by atoms with E-state index in [2.05, 4.69) is 9.98 Å². The molecule has 70 valence electrons. The SMILES string of the molecule is CC(N=C=O)c1ccccc1N=C=O. The Morgan fingerprint density at radius 1 is 1.21 bits per heavy atom. The Labute approximate surface area is 81.0 Å². The van der Waals surface area contributed by atoms with Crippen molar-refractivity contribution in [3.05, 3.63) is 29.8 Å². The molecule has 0 N–H and O–H groups in total. The van der Waals surface area contributed by atoms with Crippen molar-refractivity contribution < 1.29 is 9.59 Å². The number of nitrogens with zero attached hydrogens (tertiary/aromatic N) is 2. The summed E-state index contributed by atoms with van der Waals surface area (Å²) in [6.45, 7) is 1.73. The minimum atomic E-state index is -0.346. The molecule has 0 heterocycles. The highest BCUT2D eigenvalue weighted by atomic mass is 16.1. The zero-order chi connectivity index (χ0) is 10.4. The van der Waals surface area contributed by atoms with E-state index in [1.807, 2.05) is 0 Å². The second-order valence-corrected chi connectivity index (χ2v) is 2.66. The normalized spacial score (nSPS) is 10.9. The Hall–Kier alpha value is -2.02. The Morgan fingerprint density at radius 3 is 2.57 bits per heavy atom. The molecular formula is C10H8N2O2. The predicted octanol–water partition coefficient (Wildman–Crippen LogP) is 2.05. The van der Waals surface area contributed by atoms with Crippen LogP contribution >= 0.6 is 0 Å². The molecule has 1 aromatic rings. The number of para-hydroxylation sites is 1. The quantitative estimate of drug-likeness (QED) is 0.538. The van der Waals surface area contributed by atoms with Gasteiger partial charge < -0.3 is 0 Å². The summed E-state index contributed by atoms with van der Waals surface area (Å²) >= 11 is 0. The Bertz CT molecular complexity index is 416. The summed E-state index contributed by atoms with van der Waals surface area (Å²) in [5.41, 5.74) is 1.19. The molecule has 1 atom stereocenters. The molecule has 1 unspecified atom stereocenters. The lowest BCUT2D eigenvalue weighted by atomic mass is 10.1. The second kappa shape index (κ2) is 4.87. The summed E-state index contributed by atoms with van der Waals surface area (Å²) in [5.74, 6) is 0. The van der Waals surface area contributed by atoms with Gasteiger partial charge in [-0.15, -0.1) is 0 Å². The summed E-state index contributed by atoms with van der Waals surface area (Å²) in [6.07, 6.45) is 2.93. The fourth-order valence-corrected chi connectivity index (χ4v) is 1.14. The maximum absolute atomic E-state index is 10.1. The van der Waals surface area contributed by atoms with Crippen LogP contribution in [0.3, 0.4) is 0 Å². The third-order valence-corrected chi connectivity index (χ3v) is 1.80. The lowest BCUT2D eigenvalue weighted by molar-refractivity contribution is 0.559. The van der Waals surface area contributed by atoms with E-state index in [0.717, 1.165) is 0 Å². The molecule has 0 aliphatic rings. The molecule has 0 saturated carbocycles. The van der Waals surface area contributed by atoms with Gasteiger partial charge in [0.15, 0.2) is 0 Å². The minimum Gasteiger partial charge on any atom is -0.211 e. The summed E-state index contributed by atoms with van der Waals surface area (Å²) in [7, 11) is 0. The highest BCUT2D eigenvalue weighted by Gasteiger charge is 2.07. The lowest BCUT2D eigenvalue weighted by Gasteiger charge is -2.05. The van der Waals surface area contributed by atoms with Crippen LogP contribution in [-0.4, -0.2) is 12.2 Å². The molecule has 0 amide bonds. The first-order chi connectivity index (χ1) is 6.79. The molecule has 0 fully saturated rings. The molecule has 0 spiro atoms. The predicted molar refractivity (Wildman–Crippen MR) is 50.8 cm³/mol. The van der Waals surface area contributed by atoms with E-state index in [1.165, 1.54) is 12.2 Å². The van der Waals surface area contributed by atoms with Crippen molar-refractivity contribution >= 4 is 17.8 Å². The molecule has 0 aliphatic heterocycles. The number of hydrogen-bond acceptors (Lipinski definition) is 4. The van der Waals surface area contributed by atoms with Crippen LogP contribution < -0.4 is 0 Å². The van der Waals surface area contributed by atoms with Gasteiger partial charge in [0.25, 0.3) is 0 Å². The summed E-state index contributed by atoms with van der Waals surface area (Å²) in [4.78, 5) is 27.2. The first-order valence-corrected chi connectivity index (χ1v) is 4.03. The van der Waals surface area contributed by atoms with Crippen LogP contribution in [0.25, 0.3) is 0 Å². The third kappa shape index (κ3) is 2.23. The maximum Gasteiger partial charge on any atom is 0.240 e. The number of carbonyl (C=O) groups excluding carboxylic acids is 2. The van der Waals surface area contributed by atoms with Gasteiger partial charge in [0.1, 0.15) is 0 Å². The van der Waals surface area contributed by atoms with Crippen molar-refractivity contribution in [1.82, 2.24) is 0 Å². The highest BCUT2D eigenvalue weighted by Crippen LogP contribution is 2.26. The lowest BCUT2D eigenvalue weighted by Crippen LogP contribution is -1.89. The molecule has 0 aliphatic carbocycles. The molecule has 1 aromatic carbocycles. The molecule has 0 aromatic heterocycles. The maximum atomic E-state index is 10.1. The molecule has 1 rings (SSSR count). The smallest absolute Gasteiger partial charge is 0.211 e. The average Bonchev–Trinajstić information content (AvgIpc) is 2.19. The van der Waals surface area contributed by atoms with Gasteiger partial charge in [-0.2, -0.15) is 9.98 Å². The molecule has 4 heteroatoms. The van der Waals surface area contributed by atoms with Crippen molar-refractivity contribution in [3.8, 4) is 0 Å². The summed E-state index contributed by atoms with van der Waals surface area (Å²) in [5, 5.41) is 0. The fraction of sp³-hybridized carbons (Fsp3) is 0.200. The van der Waals surface area contributed by atoms with E-state index in [1.54, 1.807) is 31.2 Å². The van der Waals surface area contributed by atoms with Crippen LogP contribution in [0, 0.1) is 0 Å².